The van der Waals surface area contributed by atoms with Crippen LogP contribution in [0.3, 0.4) is 0 Å². The number of alkyl halides is 3. The monoisotopic (exact) mass is 397 g/mol. The summed E-state index contributed by atoms with van der Waals surface area (Å²) in [4.78, 5) is 15.7. The van der Waals surface area contributed by atoms with Crippen LogP contribution in [0.1, 0.15) is 23.6 Å². The predicted octanol–water partition coefficient (Wildman–Crippen LogP) is 3.47. The summed E-state index contributed by atoms with van der Waals surface area (Å²) in [5.74, 6) is -0.993. The Hall–Kier alpha value is -3.07. The van der Waals surface area contributed by atoms with Crippen molar-refractivity contribution in [2.45, 2.75) is 25.8 Å². The number of aliphatic hydroxyl groups is 1. The van der Waals surface area contributed by atoms with Gasteiger partial charge in [0, 0.05) is 0 Å². The maximum absolute atomic E-state index is 12.5. The number of ether oxygens (including phenoxy) is 1. The van der Waals surface area contributed by atoms with Gasteiger partial charge in [0.25, 0.3) is 0 Å². The molecule has 1 unspecified atom stereocenters. The minimum Gasteiger partial charge on any atom is -0.490 e. The molecule has 2 rings (SSSR count). The molecule has 2 N–H and O–H groups in total. The van der Waals surface area contributed by atoms with E-state index in [1.807, 2.05) is 0 Å². The number of carbonyl (C=O) groups is 1. The Morgan fingerprint density at radius 1 is 1.11 bits per heavy atom. The average molecular weight is 397 g/mol. The summed E-state index contributed by atoms with van der Waals surface area (Å²) < 4.78 is 42.7. The molecular weight excluding hydrogens is 379 g/mol. The number of nitrogens with zero attached hydrogens (tertiary/aromatic N) is 1. The van der Waals surface area contributed by atoms with Gasteiger partial charge in [-0.25, -0.2) is 4.79 Å². The summed E-state index contributed by atoms with van der Waals surface area (Å²) in [6.45, 7) is 1.33. The number of halogens is 3. The van der Waals surface area contributed by atoms with E-state index in [-0.39, 0.29) is 13.2 Å². The fourth-order valence-corrected chi connectivity index (χ4v) is 2.09. The Balaban J connectivity index is 1.88. The maximum atomic E-state index is 12.5. The van der Waals surface area contributed by atoms with E-state index in [9.17, 15) is 18.0 Å². The van der Waals surface area contributed by atoms with Crippen molar-refractivity contribution < 1.29 is 37.8 Å². The van der Waals surface area contributed by atoms with Gasteiger partial charge >= 0.3 is 12.1 Å². The van der Waals surface area contributed by atoms with Crippen LogP contribution in [0.5, 0.6) is 5.75 Å². The third-order valence-electron chi connectivity index (χ3n) is 3.68. The van der Waals surface area contributed by atoms with Gasteiger partial charge in [0.05, 0.1) is 11.3 Å². The Morgan fingerprint density at radius 3 is 2.25 bits per heavy atom. The largest absolute Gasteiger partial charge is 0.490 e. The molecule has 2 aromatic rings. The lowest BCUT2D eigenvalue weighted by Gasteiger charge is -2.09. The van der Waals surface area contributed by atoms with Crippen LogP contribution in [0.4, 0.5) is 13.2 Å². The summed E-state index contributed by atoms with van der Waals surface area (Å²) >= 11 is 0. The first-order valence-electron chi connectivity index (χ1n) is 8.13. The number of hydrogen-bond acceptors (Lipinski definition) is 5. The van der Waals surface area contributed by atoms with Gasteiger partial charge in [0.2, 0.25) is 0 Å². The van der Waals surface area contributed by atoms with E-state index < -0.39 is 23.8 Å². The number of carboxylic acid groups (broad SMARTS) is 1. The van der Waals surface area contributed by atoms with Crippen LogP contribution in [0, 0.1) is 0 Å². The third-order valence-corrected chi connectivity index (χ3v) is 3.68. The molecule has 0 saturated heterocycles. The standard InChI is InChI=1S/C19H18F3NO5/c1-12(14-4-8-16(9-5-14)27-11-17(24)18(25)26)23-28-10-13-2-6-15(7-3-13)19(20,21)22/h2-9,17,24H,10-11H2,1H3,(H,25,26). The van der Waals surface area contributed by atoms with Crippen LogP contribution in [0.2, 0.25) is 0 Å². The summed E-state index contributed by atoms with van der Waals surface area (Å²) in [6, 6.07) is 11.1. The van der Waals surface area contributed by atoms with Gasteiger partial charge in [0.1, 0.15) is 19.0 Å². The maximum Gasteiger partial charge on any atom is 0.416 e. The number of rotatable bonds is 8. The first-order valence-corrected chi connectivity index (χ1v) is 8.13. The van der Waals surface area contributed by atoms with Crippen molar-refractivity contribution in [3.63, 3.8) is 0 Å². The van der Waals surface area contributed by atoms with Crippen LogP contribution in [0.15, 0.2) is 53.7 Å². The lowest BCUT2D eigenvalue weighted by Crippen LogP contribution is -2.26. The van der Waals surface area contributed by atoms with Gasteiger partial charge < -0.3 is 19.8 Å². The molecule has 0 amide bonds. The molecule has 150 valence electrons. The molecule has 0 fully saturated rings. The highest BCUT2D eigenvalue weighted by atomic mass is 19.4. The SMILES string of the molecule is CC(=NOCc1ccc(C(F)(F)F)cc1)c1ccc(OCC(O)C(=O)O)cc1. The molecule has 0 aliphatic heterocycles. The molecule has 0 aromatic heterocycles. The quantitative estimate of drug-likeness (QED) is 0.526. The van der Waals surface area contributed by atoms with E-state index in [2.05, 4.69) is 5.16 Å². The second-order valence-corrected chi connectivity index (χ2v) is 5.83. The van der Waals surface area contributed by atoms with Crippen molar-refractivity contribution >= 4 is 11.7 Å². The Labute approximate surface area is 158 Å². The minimum atomic E-state index is -4.38. The second-order valence-electron chi connectivity index (χ2n) is 5.83. The van der Waals surface area contributed by atoms with Crippen LogP contribution < -0.4 is 4.74 Å². The number of benzene rings is 2. The number of oxime groups is 1. The summed E-state index contributed by atoms with van der Waals surface area (Å²) in [6.07, 6.45) is -5.99. The van der Waals surface area contributed by atoms with Gasteiger partial charge in [-0.3, -0.25) is 0 Å². The van der Waals surface area contributed by atoms with E-state index in [0.717, 1.165) is 12.1 Å². The fourth-order valence-electron chi connectivity index (χ4n) is 2.09. The topological polar surface area (TPSA) is 88.4 Å². The number of aliphatic hydroxyl groups excluding tert-OH is 1. The third kappa shape index (κ3) is 6.27. The Morgan fingerprint density at radius 2 is 1.71 bits per heavy atom. The summed E-state index contributed by atoms with van der Waals surface area (Å²) in [7, 11) is 0. The molecule has 9 heteroatoms. The zero-order valence-corrected chi connectivity index (χ0v) is 14.8. The predicted molar refractivity (Wildman–Crippen MR) is 94.0 cm³/mol. The molecule has 2 aromatic carbocycles. The average Bonchev–Trinajstić information content (AvgIpc) is 2.66. The van der Waals surface area contributed by atoms with Crippen LogP contribution in [-0.2, 0) is 22.4 Å². The fraction of sp³-hybridized carbons (Fsp3) is 0.263. The normalized spacial score (nSPS) is 13.1. The van der Waals surface area contributed by atoms with Gasteiger partial charge in [-0.2, -0.15) is 13.2 Å². The zero-order valence-electron chi connectivity index (χ0n) is 14.8. The van der Waals surface area contributed by atoms with Crippen LogP contribution in [-0.4, -0.2) is 34.6 Å². The van der Waals surface area contributed by atoms with E-state index in [1.54, 1.807) is 31.2 Å². The van der Waals surface area contributed by atoms with Crippen molar-refractivity contribution in [3.8, 4) is 5.75 Å². The summed E-state index contributed by atoms with van der Waals surface area (Å²) in [5, 5.41) is 21.7. The van der Waals surface area contributed by atoms with Crippen molar-refractivity contribution in [3.05, 3.63) is 65.2 Å². The van der Waals surface area contributed by atoms with E-state index in [1.165, 1.54) is 12.1 Å². The molecule has 6 nitrogen and oxygen atoms in total. The Bertz CT molecular complexity index is 817. The molecular formula is C19H18F3NO5. The van der Waals surface area contributed by atoms with E-state index in [4.69, 9.17) is 19.8 Å². The number of aliphatic carboxylic acids is 1. The highest BCUT2D eigenvalue weighted by Gasteiger charge is 2.29. The van der Waals surface area contributed by atoms with Crippen LogP contribution >= 0.6 is 0 Å². The summed E-state index contributed by atoms with van der Waals surface area (Å²) in [5.41, 5.74) is 1.06. The Kier molecular flexibility index (Phi) is 7.00. The van der Waals surface area contributed by atoms with Gasteiger partial charge in [-0.1, -0.05) is 17.3 Å². The molecule has 0 heterocycles. The van der Waals surface area contributed by atoms with Crippen LogP contribution in [0.25, 0.3) is 0 Å². The highest BCUT2D eigenvalue weighted by Crippen LogP contribution is 2.29. The second kappa shape index (κ2) is 9.23. The molecule has 0 spiro atoms. The zero-order chi connectivity index (χ0) is 20.7. The molecule has 0 saturated carbocycles. The molecule has 28 heavy (non-hydrogen) atoms. The molecule has 0 aliphatic carbocycles. The molecule has 0 bridgehead atoms. The lowest BCUT2D eigenvalue weighted by atomic mass is 10.1. The smallest absolute Gasteiger partial charge is 0.416 e. The van der Waals surface area contributed by atoms with Crippen molar-refractivity contribution in [2.75, 3.05) is 6.61 Å². The van der Waals surface area contributed by atoms with Crippen molar-refractivity contribution in [1.29, 1.82) is 0 Å². The highest BCUT2D eigenvalue weighted by molar-refractivity contribution is 5.98. The minimum absolute atomic E-state index is 0.0176. The van der Waals surface area contributed by atoms with Crippen molar-refractivity contribution in [2.24, 2.45) is 5.16 Å². The molecule has 0 radical (unpaired) electrons. The number of carboxylic acids is 1. The first-order chi connectivity index (χ1) is 13.2. The van der Waals surface area contributed by atoms with E-state index in [0.29, 0.717) is 22.6 Å². The van der Waals surface area contributed by atoms with Gasteiger partial charge in [-0.15, -0.1) is 0 Å². The lowest BCUT2D eigenvalue weighted by molar-refractivity contribution is -0.148. The first kappa shape index (κ1) is 21.2. The molecule has 1 atom stereocenters. The van der Waals surface area contributed by atoms with Gasteiger partial charge in [0.15, 0.2) is 6.10 Å². The number of hydrogen-bond donors (Lipinski definition) is 2. The van der Waals surface area contributed by atoms with Gasteiger partial charge in [-0.05, 0) is 54.4 Å². The molecule has 0 aliphatic rings. The van der Waals surface area contributed by atoms with Crippen molar-refractivity contribution in [1.82, 2.24) is 0 Å². The van der Waals surface area contributed by atoms with E-state index >= 15 is 0 Å².